The summed E-state index contributed by atoms with van der Waals surface area (Å²) in [5.41, 5.74) is 3.90. The van der Waals surface area contributed by atoms with E-state index in [4.69, 9.17) is 4.74 Å². The second-order valence-electron chi connectivity index (χ2n) is 15.2. The van der Waals surface area contributed by atoms with E-state index in [2.05, 4.69) is 86.3 Å². The van der Waals surface area contributed by atoms with E-state index < -0.39 is 5.60 Å². The van der Waals surface area contributed by atoms with E-state index in [9.17, 15) is 9.90 Å². The van der Waals surface area contributed by atoms with E-state index in [1.54, 1.807) is 0 Å². The van der Waals surface area contributed by atoms with Crippen molar-refractivity contribution >= 4 is 5.97 Å². The zero-order valence-electron chi connectivity index (χ0n) is 25.8. The first kappa shape index (κ1) is 28.3. The van der Waals surface area contributed by atoms with Gasteiger partial charge in [-0.25, -0.2) is 0 Å². The molecule has 224 valence electrons. The molecular weight excluding hydrogens is 518 g/mol. The minimum absolute atomic E-state index is 0.0530. The van der Waals surface area contributed by atoms with E-state index in [0.29, 0.717) is 30.1 Å². The van der Waals surface area contributed by atoms with Crippen LogP contribution in [0.25, 0.3) is 0 Å². The van der Waals surface area contributed by atoms with E-state index in [0.717, 1.165) is 45.2 Å². The van der Waals surface area contributed by atoms with E-state index >= 15 is 0 Å². The third-order valence-electron chi connectivity index (χ3n) is 12.9. The molecule has 4 nitrogen and oxygen atoms in total. The summed E-state index contributed by atoms with van der Waals surface area (Å²) in [5, 5.41) is 10.4. The van der Waals surface area contributed by atoms with Gasteiger partial charge in [0.1, 0.15) is 11.6 Å². The van der Waals surface area contributed by atoms with Crippen molar-refractivity contribution in [1.29, 1.82) is 0 Å². The number of fused-ring (bicyclic) bond motifs is 5. The number of rotatable bonds is 5. The normalized spacial score (nSPS) is 41.7. The fourth-order valence-electron chi connectivity index (χ4n) is 10.9. The number of esters is 1. The predicted octanol–water partition coefficient (Wildman–Crippen LogP) is 7.36. The number of carbonyl (C=O) groups is 1. The second kappa shape index (κ2) is 10.6. The van der Waals surface area contributed by atoms with Crippen LogP contribution in [0.2, 0.25) is 0 Å². The number of carbonyl (C=O) groups excluding carboxylic acids is 1. The molecule has 7 rings (SSSR count). The molecule has 0 aromatic heterocycles. The van der Waals surface area contributed by atoms with Crippen LogP contribution < -0.4 is 0 Å². The quantitative estimate of drug-likeness (QED) is 0.303. The third kappa shape index (κ3) is 4.68. The van der Waals surface area contributed by atoms with Crippen LogP contribution in [0.4, 0.5) is 0 Å². The van der Waals surface area contributed by atoms with Crippen molar-refractivity contribution in [2.24, 2.45) is 34.5 Å². The van der Waals surface area contributed by atoms with E-state index in [-0.39, 0.29) is 28.9 Å². The number of allylic oxidation sites excluding steroid dienone is 1. The largest absolute Gasteiger partial charge is 0.457 e. The lowest BCUT2D eigenvalue weighted by Crippen LogP contribution is -2.63. The van der Waals surface area contributed by atoms with Crippen molar-refractivity contribution in [3.8, 4) is 0 Å². The Morgan fingerprint density at radius 2 is 1.60 bits per heavy atom. The maximum Gasteiger partial charge on any atom is 0.324 e. The van der Waals surface area contributed by atoms with Crippen LogP contribution in [0.1, 0.15) is 83.3 Å². The van der Waals surface area contributed by atoms with Gasteiger partial charge in [-0.15, -0.1) is 0 Å². The Bertz CT molecular complexity index is 1320. The summed E-state index contributed by atoms with van der Waals surface area (Å²) in [6.07, 6.45) is 12.0. The van der Waals surface area contributed by atoms with Crippen LogP contribution >= 0.6 is 0 Å². The fraction of sp³-hybridized carbons (Fsp3) is 0.605. The molecule has 0 bridgehead atoms. The van der Waals surface area contributed by atoms with Crippen LogP contribution in [-0.4, -0.2) is 40.3 Å². The number of benzene rings is 2. The molecule has 1 aliphatic heterocycles. The molecule has 42 heavy (non-hydrogen) atoms. The van der Waals surface area contributed by atoms with Gasteiger partial charge < -0.3 is 9.84 Å². The molecule has 1 heterocycles. The Kier molecular flexibility index (Phi) is 7.17. The summed E-state index contributed by atoms with van der Waals surface area (Å²) in [6, 6.07) is 20.8. The van der Waals surface area contributed by atoms with Crippen molar-refractivity contribution in [3.63, 3.8) is 0 Å². The first-order valence-corrected chi connectivity index (χ1v) is 16.6. The Labute approximate surface area is 252 Å². The van der Waals surface area contributed by atoms with Gasteiger partial charge in [0.15, 0.2) is 0 Å². The third-order valence-corrected chi connectivity index (χ3v) is 12.9. The molecule has 2 aromatic carbocycles. The second-order valence-corrected chi connectivity index (χ2v) is 15.2. The Hall–Kier alpha value is -2.43. The molecule has 1 N–H and O–H groups in total. The number of cyclic esters (lactones) is 1. The van der Waals surface area contributed by atoms with Crippen LogP contribution in [0.3, 0.4) is 0 Å². The molecule has 9 atom stereocenters. The summed E-state index contributed by atoms with van der Waals surface area (Å²) in [6.45, 7) is 8.86. The van der Waals surface area contributed by atoms with Gasteiger partial charge in [0.05, 0.1) is 6.10 Å². The highest BCUT2D eigenvalue weighted by molar-refractivity contribution is 5.77. The first-order chi connectivity index (χ1) is 20.2. The molecule has 5 aliphatic rings. The van der Waals surface area contributed by atoms with Gasteiger partial charge in [-0.2, -0.15) is 0 Å². The van der Waals surface area contributed by atoms with Gasteiger partial charge in [-0.3, -0.25) is 9.69 Å². The van der Waals surface area contributed by atoms with Crippen LogP contribution in [0.15, 0.2) is 72.3 Å². The molecule has 0 amide bonds. The van der Waals surface area contributed by atoms with E-state index in [1.807, 2.05) is 6.07 Å². The molecule has 4 fully saturated rings. The van der Waals surface area contributed by atoms with Crippen molar-refractivity contribution in [3.05, 3.63) is 83.4 Å². The lowest BCUT2D eigenvalue weighted by molar-refractivity contribution is -0.200. The smallest absolute Gasteiger partial charge is 0.324 e. The van der Waals surface area contributed by atoms with Gasteiger partial charge in [0.2, 0.25) is 0 Å². The number of nitrogens with zero attached hydrogens (tertiary/aromatic N) is 1. The number of hydrogen-bond donors (Lipinski definition) is 1. The van der Waals surface area contributed by atoms with E-state index in [1.165, 1.54) is 36.0 Å². The topological polar surface area (TPSA) is 49.8 Å². The summed E-state index contributed by atoms with van der Waals surface area (Å²) < 4.78 is 6.66. The Morgan fingerprint density at radius 3 is 2.33 bits per heavy atom. The molecule has 4 heteroatoms. The summed E-state index contributed by atoms with van der Waals surface area (Å²) in [7, 11) is 0. The zero-order valence-corrected chi connectivity index (χ0v) is 25.8. The fourth-order valence-corrected chi connectivity index (χ4v) is 10.9. The Balaban J connectivity index is 1.16. The number of ether oxygens (including phenoxy) is 1. The van der Waals surface area contributed by atoms with Gasteiger partial charge in [0, 0.05) is 19.0 Å². The highest BCUT2D eigenvalue weighted by Gasteiger charge is 2.63. The van der Waals surface area contributed by atoms with Crippen molar-refractivity contribution in [2.45, 2.75) is 103 Å². The van der Waals surface area contributed by atoms with Crippen molar-refractivity contribution in [1.82, 2.24) is 4.90 Å². The number of hydrogen-bond acceptors (Lipinski definition) is 4. The highest BCUT2D eigenvalue weighted by Crippen LogP contribution is 2.68. The zero-order chi connectivity index (χ0) is 29.1. The summed E-state index contributed by atoms with van der Waals surface area (Å²) >= 11 is 0. The minimum atomic E-state index is -0.496. The molecule has 3 saturated carbocycles. The van der Waals surface area contributed by atoms with Crippen LogP contribution in [0.5, 0.6) is 0 Å². The molecule has 4 aliphatic carbocycles. The van der Waals surface area contributed by atoms with Gasteiger partial charge in [-0.1, -0.05) is 86.2 Å². The summed E-state index contributed by atoms with van der Waals surface area (Å²) in [5.74, 6) is 2.40. The maximum absolute atomic E-state index is 14.0. The summed E-state index contributed by atoms with van der Waals surface area (Å²) in [4.78, 5) is 16.4. The van der Waals surface area contributed by atoms with Crippen LogP contribution in [-0.2, 0) is 22.5 Å². The highest BCUT2D eigenvalue weighted by atomic mass is 16.6. The molecule has 1 saturated heterocycles. The molecular formula is C38H49NO3. The molecule has 1 unspecified atom stereocenters. The maximum atomic E-state index is 14.0. The minimum Gasteiger partial charge on any atom is -0.457 e. The Morgan fingerprint density at radius 1 is 0.881 bits per heavy atom. The number of morpholine rings is 1. The molecule has 2 aromatic rings. The standard InChI is InChI=1S/C38H49NO3/c1-36-20-18-29(40)23-28(36)14-15-30-31-16-17-34(37(31,2)21-19-32(30)36)38(3)25-39(24-27-12-8-5-9-13-27)33(35(41)42-38)22-26-10-6-4-7-11-26/h4-14,29-34,40H,15-25H2,1-3H3/t29-,30-,31-,32-,33-,34?,36-,37-,38-/m0/s1. The average Bonchev–Trinajstić information content (AvgIpc) is 3.35. The first-order valence-electron chi connectivity index (χ1n) is 16.6. The number of aliphatic hydroxyl groups is 1. The molecule has 0 radical (unpaired) electrons. The van der Waals surface area contributed by atoms with Gasteiger partial charge in [-0.05, 0) is 104 Å². The van der Waals surface area contributed by atoms with Crippen molar-refractivity contribution in [2.75, 3.05) is 6.54 Å². The molecule has 0 spiro atoms. The van der Waals surface area contributed by atoms with Crippen LogP contribution in [0, 0.1) is 34.5 Å². The van der Waals surface area contributed by atoms with Gasteiger partial charge >= 0.3 is 5.97 Å². The van der Waals surface area contributed by atoms with Crippen molar-refractivity contribution < 1.29 is 14.6 Å². The number of aliphatic hydroxyl groups excluding tert-OH is 1. The lowest BCUT2D eigenvalue weighted by atomic mass is 9.46. The predicted molar refractivity (Wildman–Crippen MR) is 166 cm³/mol. The monoisotopic (exact) mass is 567 g/mol. The SMILES string of the molecule is C[C@]12CC[C@H](O)CC1=CC[C@@H]1[C@@H]2CC[C@]2(C)C([C@]3(C)CN(Cc4ccccc4)[C@@H](Cc4ccccc4)C(=O)O3)CC[C@@H]12. The van der Waals surface area contributed by atoms with Gasteiger partial charge in [0.25, 0.3) is 0 Å². The lowest BCUT2D eigenvalue weighted by Gasteiger charge is -2.59. The average molecular weight is 568 g/mol.